The molecular formula is C29H37N3O4. The maximum absolute atomic E-state index is 11.3. The fourth-order valence-electron chi connectivity index (χ4n) is 4.29. The highest BCUT2D eigenvalue weighted by Gasteiger charge is 2.23. The van der Waals surface area contributed by atoms with Crippen LogP contribution in [0.15, 0.2) is 60.7 Å². The summed E-state index contributed by atoms with van der Waals surface area (Å²) in [6.07, 6.45) is 0. The average molecular weight is 492 g/mol. The van der Waals surface area contributed by atoms with E-state index in [2.05, 4.69) is 65.8 Å². The number of aryl methyl sites for hydroxylation is 2. The molecule has 3 aromatic rings. The molecule has 0 atom stereocenters. The number of rotatable bonds is 12. The van der Waals surface area contributed by atoms with Crippen molar-refractivity contribution >= 4 is 5.69 Å². The predicted molar refractivity (Wildman–Crippen MR) is 143 cm³/mol. The van der Waals surface area contributed by atoms with Crippen molar-refractivity contribution in [3.8, 4) is 11.5 Å². The minimum Gasteiger partial charge on any atom is -0.406 e. The molecule has 0 N–H and O–H groups in total. The molecule has 0 bridgehead atoms. The van der Waals surface area contributed by atoms with Crippen molar-refractivity contribution in [2.75, 3.05) is 26.2 Å². The number of hydrogen-bond donors (Lipinski definition) is 0. The van der Waals surface area contributed by atoms with Crippen LogP contribution >= 0.6 is 0 Å². The number of non-ortho nitro benzene ring substituents is 1. The van der Waals surface area contributed by atoms with Gasteiger partial charge in [-0.1, -0.05) is 24.3 Å². The Morgan fingerprint density at radius 1 is 0.722 bits per heavy atom. The molecule has 0 aromatic heterocycles. The van der Waals surface area contributed by atoms with Crippen LogP contribution in [0.4, 0.5) is 5.69 Å². The number of hydrogen-bond acceptors (Lipinski definition) is 6. The molecule has 3 rings (SSSR count). The van der Waals surface area contributed by atoms with E-state index in [4.69, 9.17) is 9.68 Å². The van der Waals surface area contributed by atoms with Crippen molar-refractivity contribution < 1.29 is 14.6 Å². The van der Waals surface area contributed by atoms with Crippen molar-refractivity contribution in [1.82, 2.24) is 10.1 Å². The van der Waals surface area contributed by atoms with Gasteiger partial charge in [0.15, 0.2) is 0 Å². The fraction of sp³-hybridized carbons (Fsp3) is 0.379. The van der Waals surface area contributed by atoms with Gasteiger partial charge in [0.1, 0.15) is 11.5 Å². The van der Waals surface area contributed by atoms with Crippen molar-refractivity contribution in [3.05, 3.63) is 98.6 Å². The van der Waals surface area contributed by atoms with Crippen LogP contribution in [-0.4, -0.2) is 41.2 Å². The monoisotopic (exact) mass is 491 g/mol. The van der Waals surface area contributed by atoms with Crippen LogP contribution in [0.5, 0.6) is 11.5 Å². The molecule has 36 heavy (non-hydrogen) atoms. The van der Waals surface area contributed by atoms with Crippen molar-refractivity contribution in [2.45, 2.75) is 47.5 Å². The third-order valence-electron chi connectivity index (χ3n) is 6.44. The Balaban J connectivity index is 2.17. The summed E-state index contributed by atoms with van der Waals surface area (Å²) < 4.78 is 0. The van der Waals surface area contributed by atoms with Gasteiger partial charge in [0.25, 0.3) is 5.69 Å². The largest absolute Gasteiger partial charge is 0.406 e. The quantitative estimate of drug-likeness (QED) is 0.160. The molecule has 0 heterocycles. The molecule has 7 nitrogen and oxygen atoms in total. The van der Waals surface area contributed by atoms with Gasteiger partial charge in [0, 0.05) is 44.2 Å². The number of nitro groups is 1. The minimum absolute atomic E-state index is 0.0724. The molecule has 0 spiro atoms. The second kappa shape index (κ2) is 12.5. The highest BCUT2D eigenvalue weighted by molar-refractivity contribution is 5.53. The SMILES string of the molecule is CCN(CC)Oc1ccc(C)c(C(c2ccc([N+](=O)[O-])cc2)c2cc(ON(CC)CC)ccc2C)c1. The van der Waals surface area contributed by atoms with Crippen LogP contribution in [0.25, 0.3) is 0 Å². The molecule has 0 radical (unpaired) electrons. The molecule has 0 aliphatic heterocycles. The van der Waals surface area contributed by atoms with E-state index in [9.17, 15) is 10.1 Å². The summed E-state index contributed by atoms with van der Waals surface area (Å²) in [5.74, 6) is 1.37. The Morgan fingerprint density at radius 3 is 1.50 bits per heavy atom. The summed E-state index contributed by atoms with van der Waals surface area (Å²) in [5.41, 5.74) is 5.42. The molecule has 0 aliphatic carbocycles. The highest BCUT2D eigenvalue weighted by Crippen LogP contribution is 2.39. The Morgan fingerprint density at radius 2 is 1.14 bits per heavy atom. The zero-order valence-corrected chi connectivity index (χ0v) is 22.2. The molecule has 0 unspecified atom stereocenters. The molecule has 0 amide bonds. The van der Waals surface area contributed by atoms with E-state index in [0.717, 1.165) is 65.5 Å². The van der Waals surface area contributed by atoms with Crippen molar-refractivity contribution in [1.29, 1.82) is 0 Å². The maximum atomic E-state index is 11.3. The van der Waals surface area contributed by atoms with E-state index in [1.165, 1.54) is 0 Å². The van der Waals surface area contributed by atoms with Crippen LogP contribution in [0.1, 0.15) is 61.4 Å². The first-order valence-electron chi connectivity index (χ1n) is 12.6. The Hall–Kier alpha value is -3.42. The molecule has 192 valence electrons. The van der Waals surface area contributed by atoms with Gasteiger partial charge < -0.3 is 9.68 Å². The van der Waals surface area contributed by atoms with Gasteiger partial charge in [-0.05, 0) is 93.6 Å². The fourth-order valence-corrected chi connectivity index (χ4v) is 4.29. The molecule has 0 aliphatic rings. The Kier molecular flexibility index (Phi) is 9.44. The van der Waals surface area contributed by atoms with Gasteiger partial charge in [-0.15, -0.1) is 10.1 Å². The number of nitrogens with zero attached hydrogens (tertiary/aromatic N) is 3. The van der Waals surface area contributed by atoms with Gasteiger partial charge in [-0.2, -0.15) is 0 Å². The van der Waals surface area contributed by atoms with Crippen LogP contribution in [-0.2, 0) is 0 Å². The maximum Gasteiger partial charge on any atom is 0.269 e. The van der Waals surface area contributed by atoms with E-state index in [0.29, 0.717) is 0 Å². The summed E-state index contributed by atoms with van der Waals surface area (Å²) in [5, 5.41) is 15.1. The average Bonchev–Trinajstić information content (AvgIpc) is 2.89. The second-order valence-electron chi connectivity index (χ2n) is 8.73. The van der Waals surface area contributed by atoms with Crippen LogP contribution in [0, 0.1) is 24.0 Å². The number of hydroxylamine groups is 4. The first kappa shape index (κ1) is 27.2. The van der Waals surface area contributed by atoms with Gasteiger partial charge in [-0.25, -0.2) is 0 Å². The lowest BCUT2D eigenvalue weighted by Gasteiger charge is -2.26. The first-order valence-corrected chi connectivity index (χ1v) is 12.6. The first-order chi connectivity index (χ1) is 17.3. The number of benzene rings is 3. The lowest BCUT2D eigenvalue weighted by molar-refractivity contribution is -0.384. The van der Waals surface area contributed by atoms with Gasteiger partial charge in [0.2, 0.25) is 0 Å². The summed E-state index contributed by atoms with van der Waals surface area (Å²) >= 11 is 0. The zero-order valence-electron chi connectivity index (χ0n) is 22.2. The predicted octanol–water partition coefficient (Wildman–Crippen LogP) is 6.66. The van der Waals surface area contributed by atoms with Gasteiger partial charge in [-0.3, -0.25) is 10.1 Å². The Labute approximate surface area is 214 Å². The van der Waals surface area contributed by atoms with Crippen molar-refractivity contribution in [3.63, 3.8) is 0 Å². The molecule has 0 saturated heterocycles. The van der Waals surface area contributed by atoms with Crippen molar-refractivity contribution in [2.24, 2.45) is 0 Å². The third kappa shape index (κ3) is 6.42. The third-order valence-corrected chi connectivity index (χ3v) is 6.44. The topological polar surface area (TPSA) is 68.1 Å². The normalized spacial score (nSPS) is 11.4. The van der Waals surface area contributed by atoms with E-state index < -0.39 is 0 Å². The van der Waals surface area contributed by atoms with Gasteiger partial charge in [0.05, 0.1) is 4.92 Å². The van der Waals surface area contributed by atoms with Crippen LogP contribution < -0.4 is 9.68 Å². The summed E-state index contributed by atoms with van der Waals surface area (Å²) in [7, 11) is 0. The molecule has 7 heteroatoms. The molecule has 0 fully saturated rings. The van der Waals surface area contributed by atoms with E-state index in [1.54, 1.807) is 12.1 Å². The zero-order chi connectivity index (χ0) is 26.2. The second-order valence-corrected chi connectivity index (χ2v) is 8.73. The van der Waals surface area contributed by atoms with Gasteiger partial charge >= 0.3 is 0 Å². The number of nitro benzene ring substituents is 1. The molecule has 0 saturated carbocycles. The minimum atomic E-state index is -0.369. The molecular weight excluding hydrogens is 454 g/mol. The van der Waals surface area contributed by atoms with E-state index >= 15 is 0 Å². The van der Waals surface area contributed by atoms with Crippen LogP contribution in [0.2, 0.25) is 0 Å². The highest BCUT2D eigenvalue weighted by atomic mass is 16.7. The summed E-state index contributed by atoms with van der Waals surface area (Å²) in [4.78, 5) is 23.2. The summed E-state index contributed by atoms with van der Waals surface area (Å²) in [6, 6.07) is 19.1. The smallest absolute Gasteiger partial charge is 0.269 e. The lowest BCUT2D eigenvalue weighted by atomic mass is 9.81. The lowest BCUT2D eigenvalue weighted by Crippen LogP contribution is -2.27. The van der Waals surface area contributed by atoms with E-state index in [-0.39, 0.29) is 16.5 Å². The summed E-state index contributed by atoms with van der Waals surface area (Å²) in [6.45, 7) is 15.5. The van der Waals surface area contributed by atoms with Crippen LogP contribution in [0.3, 0.4) is 0 Å². The standard InChI is InChI=1S/C29H37N3O4/c1-7-30(8-2)35-25-17-11-21(5)27(19-25)29(23-13-15-24(16-14-23)32(33)34)28-20-26(18-12-22(28)6)36-31(9-3)10-4/h11-20,29H,7-10H2,1-6H3. The Bertz CT molecular complexity index is 1090. The molecule has 3 aromatic carbocycles. The van der Waals surface area contributed by atoms with E-state index in [1.807, 2.05) is 34.4 Å².